The van der Waals surface area contributed by atoms with E-state index in [-0.39, 0.29) is 11.0 Å². The van der Waals surface area contributed by atoms with Gasteiger partial charge in [-0.2, -0.15) is 0 Å². The summed E-state index contributed by atoms with van der Waals surface area (Å²) in [5.41, 5.74) is 6.80. The quantitative estimate of drug-likeness (QED) is 0.869. The zero-order valence-electron chi connectivity index (χ0n) is 10.2. The lowest BCUT2D eigenvalue weighted by molar-refractivity contribution is 0.483. The third-order valence-corrected chi connectivity index (χ3v) is 6.05. The average molecular weight is 288 g/mol. The number of hydrogen-bond acceptors (Lipinski definition) is 3. The molecule has 1 saturated carbocycles. The average Bonchev–Trinajstić information content (AvgIpc) is 2.34. The van der Waals surface area contributed by atoms with Crippen LogP contribution in [0.25, 0.3) is 0 Å². The largest absolute Gasteiger partial charge is 0.399 e. The Morgan fingerprint density at radius 2 is 1.89 bits per heavy atom. The van der Waals surface area contributed by atoms with Crippen LogP contribution in [0.1, 0.15) is 37.7 Å². The highest BCUT2D eigenvalue weighted by molar-refractivity contribution is 7.91. The van der Waals surface area contributed by atoms with Crippen LogP contribution in [-0.2, 0) is 15.6 Å². The van der Waals surface area contributed by atoms with Crippen LogP contribution in [0.4, 0.5) is 5.69 Å². The molecule has 0 aliphatic heterocycles. The maximum absolute atomic E-state index is 12.3. The molecule has 0 atom stereocenters. The minimum atomic E-state index is -3.10. The molecule has 2 rings (SSSR count). The molecule has 0 radical (unpaired) electrons. The first kappa shape index (κ1) is 13.7. The summed E-state index contributed by atoms with van der Waals surface area (Å²) in [6.07, 6.45) is 4.75. The third-order valence-electron chi connectivity index (χ3n) is 3.49. The fourth-order valence-corrected chi connectivity index (χ4v) is 4.75. The van der Waals surface area contributed by atoms with Crippen molar-refractivity contribution in [3.8, 4) is 0 Å². The maximum Gasteiger partial charge on any atom is 0.157 e. The van der Waals surface area contributed by atoms with E-state index in [4.69, 9.17) is 17.3 Å². The van der Waals surface area contributed by atoms with Gasteiger partial charge in [-0.3, -0.25) is 0 Å². The Balaban J connectivity index is 2.16. The molecule has 18 heavy (non-hydrogen) atoms. The number of hydrogen-bond donors (Lipinski definition) is 1. The molecule has 1 aromatic rings. The molecule has 0 heterocycles. The molecule has 3 nitrogen and oxygen atoms in total. The minimum Gasteiger partial charge on any atom is -0.399 e. The van der Waals surface area contributed by atoms with E-state index in [1.54, 1.807) is 18.2 Å². The number of sulfone groups is 1. The van der Waals surface area contributed by atoms with Crippen LogP contribution in [0.5, 0.6) is 0 Å². The molecule has 100 valence electrons. The molecule has 1 aliphatic rings. The SMILES string of the molecule is Nc1ccc(CS(=O)(=O)C2CCCCC2)c(Cl)c1. The van der Waals surface area contributed by atoms with Crippen LogP contribution in [-0.4, -0.2) is 13.7 Å². The van der Waals surface area contributed by atoms with Gasteiger partial charge in [0.25, 0.3) is 0 Å². The van der Waals surface area contributed by atoms with Crippen LogP contribution >= 0.6 is 11.6 Å². The molecule has 0 saturated heterocycles. The zero-order chi connectivity index (χ0) is 13.2. The van der Waals surface area contributed by atoms with Crippen LogP contribution in [0.2, 0.25) is 5.02 Å². The predicted octanol–water partition coefficient (Wildman–Crippen LogP) is 3.17. The standard InChI is InChI=1S/C13H18ClNO2S/c14-13-8-11(15)7-6-10(13)9-18(16,17)12-4-2-1-3-5-12/h6-8,12H,1-5,9,15H2. The Morgan fingerprint density at radius 1 is 1.22 bits per heavy atom. The van der Waals surface area contributed by atoms with Crippen molar-refractivity contribution in [3.05, 3.63) is 28.8 Å². The van der Waals surface area contributed by atoms with Gasteiger partial charge < -0.3 is 5.73 Å². The first-order valence-corrected chi connectivity index (χ1v) is 8.34. The number of halogens is 1. The monoisotopic (exact) mass is 287 g/mol. The van der Waals surface area contributed by atoms with Gasteiger partial charge in [-0.25, -0.2) is 8.42 Å². The van der Waals surface area contributed by atoms with Gasteiger partial charge >= 0.3 is 0 Å². The number of rotatable bonds is 3. The topological polar surface area (TPSA) is 60.2 Å². The van der Waals surface area contributed by atoms with E-state index in [1.165, 1.54) is 0 Å². The number of nitrogen functional groups attached to an aromatic ring is 1. The van der Waals surface area contributed by atoms with Crippen LogP contribution in [0.3, 0.4) is 0 Å². The molecule has 0 bridgehead atoms. The summed E-state index contributed by atoms with van der Waals surface area (Å²) >= 11 is 6.03. The Labute approximate surface area is 113 Å². The summed E-state index contributed by atoms with van der Waals surface area (Å²) < 4.78 is 24.6. The van der Waals surface area contributed by atoms with Crippen molar-refractivity contribution in [1.29, 1.82) is 0 Å². The molecule has 0 aromatic heterocycles. The van der Waals surface area contributed by atoms with E-state index in [1.807, 2.05) is 0 Å². The summed E-state index contributed by atoms with van der Waals surface area (Å²) in [6.45, 7) is 0. The second kappa shape index (κ2) is 5.49. The fraction of sp³-hybridized carbons (Fsp3) is 0.538. The van der Waals surface area contributed by atoms with Gasteiger partial charge in [-0.05, 0) is 30.5 Å². The second-order valence-corrected chi connectivity index (χ2v) is 7.61. The summed E-state index contributed by atoms with van der Waals surface area (Å²) in [4.78, 5) is 0. The lowest BCUT2D eigenvalue weighted by Gasteiger charge is -2.22. The van der Waals surface area contributed by atoms with Crippen molar-refractivity contribution in [2.45, 2.75) is 43.1 Å². The Kier molecular flexibility index (Phi) is 4.17. The van der Waals surface area contributed by atoms with E-state index in [0.29, 0.717) is 16.3 Å². The molecule has 0 amide bonds. The van der Waals surface area contributed by atoms with Gasteiger partial charge in [0.1, 0.15) is 0 Å². The molecule has 1 aromatic carbocycles. The fourth-order valence-electron chi connectivity index (χ4n) is 2.44. The van der Waals surface area contributed by atoms with Crippen molar-refractivity contribution in [2.24, 2.45) is 0 Å². The summed E-state index contributed by atoms with van der Waals surface area (Å²) in [7, 11) is -3.10. The van der Waals surface area contributed by atoms with E-state index in [2.05, 4.69) is 0 Å². The highest BCUT2D eigenvalue weighted by Gasteiger charge is 2.27. The van der Waals surface area contributed by atoms with Crippen LogP contribution in [0, 0.1) is 0 Å². The van der Waals surface area contributed by atoms with Crippen molar-refractivity contribution >= 4 is 27.1 Å². The Bertz CT molecular complexity index is 522. The normalized spacial score (nSPS) is 17.8. The first-order chi connectivity index (χ1) is 8.49. The molecule has 1 fully saturated rings. The summed E-state index contributed by atoms with van der Waals surface area (Å²) in [6, 6.07) is 5.00. The second-order valence-electron chi connectivity index (χ2n) is 4.92. The highest BCUT2D eigenvalue weighted by Crippen LogP contribution is 2.28. The molecule has 0 unspecified atom stereocenters. The number of benzene rings is 1. The summed E-state index contributed by atoms with van der Waals surface area (Å²) in [5, 5.41) is 0.245. The van der Waals surface area contributed by atoms with Crippen molar-refractivity contribution in [3.63, 3.8) is 0 Å². The lowest BCUT2D eigenvalue weighted by Crippen LogP contribution is -2.25. The van der Waals surface area contributed by atoms with Gasteiger partial charge in [0.2, 0.25) is 0 Å². The number of anilines is 1. The minimum absolute atomic E-state index is 0.0246. The molecule has 1 aliphatic carbocycles. The van der Waals surface area contributed by atoms with E-state index in [9.17, 15) is 8.42 Å². The van der Waals surface area contributed by atoms with Crippen molar-refractivity contribution in [1.82, 2.24) is 0 Å². The van der Waals surface area contributed by atoms with Crippen molar-refractivity contribution < 1.29 is 8.42 Å². The number of nitrogens with two attached hydrogens (primary N) is 1. The third kappa shape index (κ3) is 3.18. The van der Waals surface area contributed by atoms with Gasteiger partial charge in [0.15, 0.2) is 9.84 Å². The highest BCUT2D eigenvalue weighted by atomic mass is 35.5. The van der Waals surface area contributed by atoms with Crippen molar-refractivity contribution in [2.75, 3.05) is 5.73 Å². The predicted molar refractivity (Wildman–Crippen MR) is 75.4 cm³/mol. The molecule has 2 N–H and O–H groups in total. The Morgan fingerprint density at radius 3 is 2.50 bits per heavy atom. The van der Waals surface area contributed by atoms with Gasteiger partial charge in [0.05, 0.1) is 11.0 Å². The first-order valence-electron chi connectivity index (χ1n) is 6.24. The molecule has 0 spiro atoms. The Hall–Kier alpha value is -0.740. The van der Waals surface area contributed by atoms with Crippen LogP contribution < -0.4 is 5.73 Å². The maximum atomic E-state index is 12.3. The molecule has 5 heteroatoms. The van der Waals surface area contributed by atoms with Gasteiger partial charge in [-0.15, -0.1) is 0 Å². The summed E-state index contributed by atoms with van der Waals surface area (Å²) in [5.74, 6) is 0.0246. The smallest absolute Gasteiger partial charge is 0.157 e. The van der Waals surface area contributed by atoms with E-state index in [0.717, 1.165) is 32.1 Å². The van der Waals surface area contributed by atoms with E-state index >= 15 is 0 Å². The van der Waals surface area contributed by atoms with Gasteiger partial charge in [0, 0.05) is 10.7 Å². The molecular weight excluding hydrogens is 270 g/mol. The lowest BCUT2D eigenvalue weighted by atomic mass is 10.0. The van der Waals surface area contributed by atoms with Gasteiger partial charge in [-0.1, -0.05) is 36.9 Å². The molecular formula is C13H18ClNO2S. The van der Waals surface area contributed by atoms with E-state index < -0.39 is 9.84 Å². The zero-order valence-corrected chi connectivity index (χ0v) is 11.8. The van der Waals surface area contributed by atoms with Crippen LogP contribution in [0.15, 0.2) is 18.2 Å².